The van der Waals surface area contributed by atoms with Crippen molar-refractivity contribution in [1.29, 1.82) is 0 Å². The zero-order valence-electron chi connectivity index (χ0n) is 12.8. The summed E-state index contributed by atoms with van der Waals surface area (Å²) in [4.78, 5) is 14.3. The molecule has 23 heavy (non-hydrogen) atoms. The number of nitrogens with zero attached hydrogens (tertiary/aromatic N) is 2. The van der Waals surface area contributed by atoms with Crippen molar-refractivity contribution in [1.82, 2.24) is 15.1 Å². The Morgan fingerprint density at radius 1 is 1.52 bits per heavy atom. The third-order valence-electron chi connectivity index (χ3n) is 4.16. The second-order valence-electron chi connectivity index (χ2n) is 5.76. The van der Waals surface area contributed by atoms with Gasteiger partial charge in [-0.2, -0.15) is 5.10 Å². The van der Waals surface area contributed by atoms with E-state index in [2.05, 4.69) is 20.4 Å². The lowest BCUT2D eigenvalue weighted by atomic mass is 10.1. The van der Waals surface area contributed by atoms with E-state index in [1.807, 2.05) is 12.4 Å². The Morgan fingerprint density at radius 3 is 3.17 bits per heavy atom. The van der Waals surface area contributed by atoms with Crippen molar-refractivity contribution < 1.29 is 9.18 Å². The van der Waals surface area contributed by atoms with Crippen LogP contribution in [0.4, 0.5) is 15.8 Å². The fourth-order valence-electron chi connectivity index (χ4n) is 3.01. The number of carbonyl (C=O) groups excluding carboxylic acids is 1. The number of halogens is 1. The fraction of sp³-hybridized carbons (Fsp3) is 0.375. The summed E-state index contributed by atoms with van der Waals surface area (Å²) in [6.45, 7) is 1.58. The number of aromatic amines is 1. The van der Waals surface area contributed by atoms with Crippen LogP contribution in [0.5, 0.6) is 0 Å². The first-order valence-electron chi connectivity index (χ1n) is 7.71. The van der Waals surface area contributed by atoms with Gasteiger partial charge < -0.3 is 11.1 Å². The highest BCUT2D eigenvalue weighted by Gasteiger charge is 2.26. The predicted molar refractivity (Wildman–Crippen MR) is 86.2 cm³/mol. The van der Waals surface area contributed by atoms with Crippen molar-refractivity contribution in [3.05, 3.63) is 42.0 Å². The quantitative estimate of drug-likeness (QED) is 0.739. The molecule has 1 aromatic carbocycles. The number of hydrogen-bond acceptors (Lipinski definition) is 4. The van der Waals surface area contributed by atoms with Crippen molar-refractivity contribution >= 4 is 17.3 Å². The van der Waals surface area contributed by atoms with Gasteiger partial charge in [-0.15, -0.1) is 0 Å². The largest absolute Gasteiger partial charge is 0.399 e. The van der Waals surface area contributed by atoms with Crippen LogP contribution in [0.15, 0.2) is 30.6 Å². The molecule has 0 saturated carbocycles. The molecular weight excluding hydrogens is 297 g/mol. The number of rotatable bonds is 5. The lowest BCUT2D eigenvalue weighted by molar-refractivity contribution is -0.116. The van der Waals surface area contributed by atoms with E-state index in [1.165, 1.54) is 18.2 Å². The van der Waals surface area contributed by atoms with Gasteiger partial charge in [-0.05, 0) is 37.6 Å². The molecule has 0 radical (unpaired) electrons. The summed E-state index contributed by atoms with van der Waals surface area (Å²) in [5, 5.41) is 9.40. The van der Waals surface area contributed by atoms with Crippen LogP contribution in [0.1, 0.15) is 30.9 Å². The number of nitrogen functional groups attached to an aromatic ring is 1. The Hall–Kier alpha value is -2.41. The molecule has 1 aromatic heterocycles. The van der Waals surface area contributed by atoms with E-state index < -0.39 is 5.82 Å². The van der Waals surface area contributed by atoms with Crippen molar-refractivity contribution in [2.24, 2.45) is 0 Å². The minimum atomic E-state index is -0.481. The maximum Gasteiger partial charge on any atom is 0.225 e. The first kappa shape index (κ1) is 15.5. The highest BCUT2D eigenvalue weighted by Crippen LogP contribution is 2.31. The van der Waals surface area contributed by atoms with Crippen LogP contribution in [-0.4, -0.2) is 34.1 Å². The predicted octanol–water partition coefficient (Wildman–Crippen LogP) is 2.30. The zero-order chi connectivity index (χ0) is 16.2. The van der Waals surface area contributed by atoms with Crippen LogP contribution in [0.25, 0.3) is 0 Å². The average Bonchev–Trinajstić information content (AvgIpc) is 3.19. The van der Waals surface area contributed by atoms with Gasteiger partial charge in [-0.25, -0.2) is 4.39 Å². The molecule has 1 aliphatic heterocycles. The number of hydrogen-bond donors (Lipinski definition) is 3. The molecule has 2 aromatic rings. The second-order valence-corrected chi connectivity index (χ2v) is 5.76. The molecule has 1 aliphatic rings. The van der Waals surface area contributed by atoms with Crippen molar-refractivity contribution in [3.63, 3.8) is 0 Å². The van der Waals surface area contributed by atoms with E-state index in [9.17, 15) is 9.18 Å². The minimum Gasteiger partial charge on any atom is -0.399 e. The van der Waals surface area contributed by atoms with Gasteiger partial charge in [-0.1, -0.05) is 0 Å². The molecule has 1 atom stereocenters. The molecule has 4 N–H and O–H groups in total. The van der Waals surface area contributed by atoms with Crippen LogP contribution >= 0.6 is 0 Å². The SMILES string of the molecule is Nc1ccc(F)c(NC(=O)CCN2CCC[C@@H]2c2cn[nH]c2)c1. The lowest BCUT2D eigenvalue weighted by Gasteiger charge is -2.23. The fourth-order valence-corrected chi connectivity index (χ4v) is 3.01. The summed E-state index contributed by atoms with van der Waals surface area (Å²) in [5.74, 6) is -0.697. The number of nitrogens with one attached hydrogen (secondary N) is 2. The van der Waals surface area contributed by atoms with E-state index >= 15 is 0 Å². The monoisotopic (exact) mass is 317 g/mol. The van der Waals surface area contributed by atoms with Crippen molar-refractivity contribution in [3.8, 4) is 0 Å². The van der Waals surface area contributed by atoms with Crippen LogP contribution in [0.3, 0.4) is 0 Å². The van der Waals surface area contributed by atoms with E-state index in [1.54, 1.807) is 0 Å². The van der Waals surface area contributed by atoms with Crippen molar-refractivity contribution in [2.75, 3.05) is 24.1 Å². The Kier molecular flexibility index (Phi) is 4.57. The molecule has 0 bridgehead atoms. The molecule has 7 heteroatoms. The van der Waals surface area contributed by atoms with Crippen LogP contribution < -0.4 is 11.1 Å². The first-order chi connectivity index (χ1) is 11.1. The maximum atomic E-state index is 13.6. The van der Waals surface area contributed by atoms with Gasteiger partial charge >= 0.3 is 0 Å². The summed E-state index contributed by atoms with van der Waals surface area (Å²) < 4.78 is 13.6. The Labute approximate surface area is 133 Å². The number of likely N-dealkylation sites (tertiary alicyclic amines) is 1. The van der Waals surface area contributed by atoms with Gasteiger partial charge in [0.2, 0.25) is 5.91 Å². The molecular formula is C16H20FN5O. The summed E-state index contributed by atoms with van der Waals surface area (Å²) in [7, 11) is 0. The van der Waals surface area contributed by atoms with E-state index in [4.69, 9.17) is 5.73 Å². The van der Waals surface area contributed by atoms with Crippen LogP contribution in [0, 0.1) is 5.82 Å². The normalized spacial score (nSPS) is 18.2. The van der Waals surface area contributed by atoms with E-state index in [0.717, 1.165) is 24.9 Å². The third kappa shape index (κ3) is 3.68. The number of anilines is 2. The number of amides is 1. The van der Waals surface area contributed by atoms with Crippen LogP contribution in [-0.2, 0) is 4.79 Å². The summed E-state index contributed by atoms with van der Waals surface area (Å²) >= 11 is 0. The smallest absolute Gasteiger partial charge is 0.225 e. The third-order valence-corrected chi connectivity index (χ3v) is 4.16. The Balaban J connectivity index is 1.55. The molecule has 1 saturated heterocycles. The first-order valence-corrected chi connectivity index (χ1v) is 7.71. The van der Waals surface area contributed by atoms with Gasteiger partial charge in [0.15, 0.2) is 0 Å². The molecule has 0 spiro atoms. The Morgan fingerprint density at radius 2 is 2.39 bits per heavy atom. The average molecular weight is 317 g/mol. The van der Waals surface area contributed by atoms with E-state index in [-0.39, 0.29) is 11.6 Å². The molecule has 1 amide bonds. The number of carbonyl (C=O) groups is 1. The number of aromatic nitrogens is 2. The van der Waals surface area contributed by atoms with E-state index in [0.29, 0.717) is 24.7 Å². The molecule has 6 nitrogen and oxygen atoms in total. The number of benzene rings is 1. The molecule has 122 valence electrons. The van der Waals surface area contributed by atoms with Gasteiger partial charge in [0.05, 0.1) is 11.9 Å². The highest BCUT2D eigenvalue weighted by atomic mass is 19.1. The van der Waals surface area contributed by atoms with Crippen molar-refractivity contribution in [2.45, 2.75) is 25.3 Å². The van der Waals surface area contributed by atoms with Gasteiger partial charge in [0, 0.05) is 36.5 Å². The molecule has 0 aliphatic carbocycles. The molecule has 2 heterocycles. The molecule has 1 fully saturated rings. The summed E-state index contributed by atoms with van der Waals surface area (Å²) in [5.41, 5.74) is 7.30. The summed E-state index contributed by atoms with van der Waals surface area (Å²) in [6, 6.07) is 4.44. The number of H-pyrrole nitrogens is 1. The zero-order valence-corrected chi connectivity index (χ0v) is 12.8. The Bertz CT molecular complexity index is 673. The summed E-state index contributed by atoms with van der Waals surface area (Å²) in [6.07, 6.45) is 6.19. The minimum absolute atomic E-state index is 0.128. The lowest BCUT2D eigenvalue weighted by Crippen LogP contribution is -2.27. The molecule has 3 rings (SSSR count). The standard InChI is InChI=1S/C16H20FN5O/c17-13-4-3-12(18)8-14(13)21-16(23)5-7-22-6-1-2-15(22)11-9-19-20-10-11/h3-4,8-10,15H,1-2,5-7,18H2,(H,19,20)(H,21,23)/t15-/m1/s1. The van der Waals surface area contributed by atoms with Gasteiger partial charge in [0.1, 0.15) is 5.82 Å². The van der Waals surface area contributed by atoms with Gasteiger partial charge in [-0.3, -0.25) is 14.8 Å². The van der Waals surface area contributed by atoms with Gasteiger partial charge in [0.25, 0.3) is 0 Å². The highest BCUT2D eigenvalue weighted by molar-refractivity contribution is 5.91. The second kappa shape index (κ2) is 6.78. The topological polar surface area (TPSA) is 87.0 Å². The van der Waals surface area contributed by atoms with Crippen LogP contribution in [0.2, 0.25) is 0 Å². The molecule has 0 unspecified atom stereocenters. The maximum absolute atomic E-state index is 13.6. The number of nitrogens with two attached hydrogens (primary N) is 1.